The molecule has 1 saturated carbocycles. The summed E-state index contributed by atoms with van der Waals surface area (Å²) in [6.45, 7) is 7.09. The van der Waals surface area contributed by atoms with Gasteiger partial charge in [-0.15, -0.1) is 0 Å². The Morgan fingerprint density at radius 3 is 2.75 bits per heavy atom. The van der Waals surface area contributed by atoms with Crippen LogP contribution < -0.4 is 9.47 Å². The molecule has 0 spiro atoms. The zero-order chi connectivity index (χ0) is 22.6. The van der Waals surface area contributed by atoms with Crippen molar-refractivity contribution >= 4 is 28.6 Å². The number of carbonyl (C=O) groups is 1. The van der Waals surface area contributed by atoms with Crippen LogP contribution in [0.25, 0.3) is 11.0 Å². The minimum Gasteiger partial charge on any atom is -0.484 e. The van der Waals surface area contributed by atoms with E-state index in [0.29, 0.717) is 17.2 Å². The highest BCUT2D eigenvalue weighted by Gasteiger charge is 2.56. The van der Waals surface area contributed by atoms with E-state index in [1.54, 1.807) is 24.5 Å². The number of carbonyl (C=O) groups excluding carboxylic acids is 1. The average molecular weight is 458 g/mol. The number of benzene rings is 1. The van der Waals surface area contributed by atoms with Gasteiger partial charge >= 0.3 is 5.97 Å². The van der Waals surface area contributed by atoms with Crippen LogP contribution in [0.15, 0.2) is 36.8 Å². The lowest BCUT2D eigenvalue weighted by molar-refractivity contribution is -0.163. The Morgan fingerprint density at radius 1 is 1.19 bits per heavy atom. The van der Waals surface area contributed by atoms with E-state index in [1.165, 1.54) is 6.92 Å². The molecule has 2 aliphatic rings. The van der Waals surface area contributed by atoms with Gasteiger partial charge in [0.2, 0.25) is 0 Å². The van der Waals surface area contributed by atoms with E-state index in [9.17, 15) is 4.79 Å². The molecule has 0 bridgehead atoms. The SMILES string of the molecule is CC(=O)Oc1cc(Cl)ccc1O[C@H]1C[C@@H](n2ccc3c(C)ncnc32)[C@@H]2OC(C)(C)O[C@@H]21. The van der Waals surface area contributed by atoms with Crippen LogP contribution in [0.4, 0.5) is 0 Å². The number of aryl methyl sites for hydroxylation is 1. The fourth-order valence-corrected chi connectivity index (χ4v) is 4.80. The highest BCUT2D eigenvalue weighted by atomic mass is 35.5. The summed E-state index contributed by atoms with van der Waals surface area (Å²) in [7, 11) is 0. The molecule has 0 amide bonds. The molecule has 32 heavy (non-hydrogen) atoms. The molecule has 3 heterocycles. The first-order valence-corrected chi connectivity index (χ1v) is 10.9. The molecule has 8 nitrogen and oxygen atoms in total. The van der Waals surface area contributed by atoms with Gasteiger partial charge in [-0.2, -0.15) is 0 Å². The van der Waals surface area contributed by atoms with Crippen molar-refractivity contribution in [2.45, 2.75) is 64.3 Å². The topological polar surface area (TPSA) is 84.7 Å². The Labute approximate surface area is 190 Å². The number of rotatable bonds is 4. The van der Waals surface area contributed by atoms with Gasteiger partial charge in [-0.05, 0) is 39.0 Å². The van der Waals surface area contributed by atoms with Gasteiger partial charge in [-0.1, -0.05) is 11.6 Å². The minimum absolute atomic E-state index is 0.0527. The van der Waals surface area contributed by atoms with Crippen molar-refractivity contribution in [1.29, 1.82) is 0 Å². The summed E-state index contributed by atoms with van der Waals surface area (Å²) in [6, 6.07) is 6.93. The van der Waals surface area contributed by atoms with Crippen LogP contribution >= 0.6 is 11.6 Å². The molecule has 1 aliphatic carbocycles. The predicted molar refractivity (Wildman–Crippen MR) is 117 cm³/mol. The summed E-state index contributed by atoms with van der Waals surface area (Å²) in [5.41, 5.74) is 1.77. The zero-order valence-corrected chi connectivity index (χ0v) is 19.0. The number of ether oxygens (including phenoxy) is 4. The second kappa shape index (κ2) is 7.72. The van der Waals surface area contributed by atoms with Crippen molar-refractivity contribution in [1.82, 2.24) is 14.5 Å². The molecule has 0 unspecified atom stereocenters. The molecule has 0 N–H and O–H groups in total. The number of halogens is 1. The Balaban J connectivity index is 1.50. The molecular weight excluding hydrogens is 434 g/mol. The van der Waals surface area contributed by atoms with Crippen LogP contribution in [-0.4, -0.2) is 44.6 Å². The van der Waals surface area contributed by atoms with Crippen molar-refractivity contribution in [2.75, 3.05) is 0 Å². The first-order chi connectivity index (χ1) is 15.2. The van der Waals surface area contributed by atoms with E-state index in [2.05, 4.69) is 14.5 Å². The summed E-state index contributed by atoms with van der Waals surface area (Å²) in [5, 5.41) is 1.45. The molecule has 9 heteroatoms. The highest BCUT2D eigenvalue weighted by molar-refractivity contribution is 6.30. The molecule has 2 fully saturated rings. The molecule has 0 radical (unpaired) electrons. The second-order valence-electron chi connectivity index (χ2n) is 8.63. The summed E-state index contributed by atoms with van der Waals surface area (Å²) in [4.78, 5) is 20.4. The predicted octanol–water partition coefficient (Wildman–Crippen LogP) is 4.23. The first-order valence-electron chi connectivity index (χ1n) is 10.5. The molecule has 168 valence electrons. The van der Waals surface area contributed by atoms with E-state index in [-0.39, 0.29) is 30.1 Å². The van der Waals surface area contributed by atoms with Crippen LogP contribution in [0, 0.1) is 6.92 Å². The molecule has 4 atom stereocenters. The molecule has 3 aromatic rings. The van der Waals surface area contributed by atoms with Crippen molar-refractivity contribution in [2.24, 2.45) is 0 Å². The Kier molecular flexibility index (Phi) is 5.11. The molecule has 1 aromatic carbocycles. The fraction of sp³-hybridized carbons (Fsp3) is 0.435. The number of hydrogen-bond donors (Lipinski definition) is 0. The van der Waals surface area contributed by atoms with E-state index in [1.807, 2.05) is 33.0 Å². The van der Waals surface area contributed by atoms with Gasteiger partial charge < -0.3 is 23.5 Å². The third kappa shape index (κ3) is 3.72. The van der Waals surface area contributed by atoms with E-state index in [0.717, 1.165) is 16.7 Å². The van der Waals surface area contributed by atoms with E-state index >= 15 is 0 Å². The third-order valence-electron chi connectivity index (χ3n) is 5.89. The maximum atomic E-state index is 11.6. The van der Waals surface area contributed by atoms with Crippen LogP contribution in [0.1, 0.15) is 38.9 Å². The molecule has 1 saturated heterocycles. The lowest BCUT2D eigenvalue weighted by Crippen LogP contribution is -2.33. The minimum atomic E-state index is -0.748. The zero-order valence-electron chi connectivity index (χ0n) is 18.2. The largest absolute Gasteiger partial charge is 0.484 e. The molecule has 2 aromatic heterocycles. The average Bonchev–Trinajstić information content (AvgIpc) is 3.36. The molecule has 1 aliphatic heterocycles. The highest BCUT2D eigenvalue weighted by Crippen LogP contribution is 2.47. The van der Waals surface area contributed by atoms with Gasteiger partial charge in [0, 0.05) is 36.0 Å². The van der Waals surface area contributed by atoms with E-state index in [4.69, 9.17) is 30.5 Å². The molecule has 5 rings (SSSR count). The Hall–Kier alpha value is -2.68. The third-order valence-corrected chi connectivity index (χ3v) is 6.12. The maximum Gasteiger partial charge on any atom is 0.308 e. The summed E-state index contributed by atoms with van der Waals surface area (Å²) in [6.07, 6.45) is 3.34. The molecular formula is C23H24ClN3O5. The van der Waals surface area contributed by atoms with Crippen LogP contribution in [0.5, 0.6) is 11.5 Å². The number of nitrogens with zero attached hydrogens (tertiary/aromatic N) is 3. The number of aromatic nitrogens is 3. The van der Waals surface area contributed by atoms with Gasteiger partial charge in [-0.3, -0.25) is 4.79 Å². The quantitative estimate of drug-likeness (QED) is 0.428. The lowest BCUT2D eigenvalue weighted by atomic mass is 10.2. The Morgan fingerprint density at radius 2 is 1.97 bits per heavy atom. The number of esters is 1. The maximum absolute atomic E-state index is 11.6. The normalized spacial score (nSPS) is 26.3. The van der Waals surface area contributed by atoms with Crippen LogP contribution in [0.2, 0.25) is 5.02 Å². The lowest BCUT2D eigenvalue weighted by Gasteiger charge is -2.25. The van der Waals surface area contributed by atoms with Gasteiger partial charge in [0.25, 0.3) is 0 Å². The van der Waals surface area contributed by atoms with Gasteiger partial charge in [0.1, 0.15) is 30.3 Å². The van der Waals surface area contributed by atoms with Crippen LogP contribution in [-0.2, 0) is 14.3 Å². The first kappa shape index (κ1) is 21.2. The summed E-state index contributed by atoms with van der Waals surface area (Å²) < 4.78 is 26.3. The van der Waals surface area contributed by atoms with Gasteiger partial charge in [0.05, 0.1) is 11.7 Å². The van der Waals surface area contributed by atoms with Gasteiger partial charge in [-0.25, -0.2) is 9.97 Å². The smallest absolute Gasteiger partial charge is 0.308 e. The van der Waals surface area contributed by atoms with Crippen molar-refractivity contribution in [3.63, 3.8) is 0 Å². The van der Waals surface area contributed by atoms with Crippen molar-refractivity contribution in [3.05, 3.63) is 47.5 Å². The van der Waals surface area contributed by atoms with E-state index < -0.39 is 11.8 Å². The summed E-state index contributed by atoms with van der Waals surface area (Å²) in [5.74, 6) is -0.493. The van der Waals surface area contributed by atoms with Crippen molar-refractivity contribution < 1.29 is 23.7 Å². The fourth-order valence-electron chi connectivity index (χ4n) is 4.64. The van der Waals surface area contributed by atoms with Crippen LogP contribution in [0.3, 0.4) is 0 Å². The summed E-state index contributed by atoms with van der Waals surface area (Å²) >= 11 is 6.10. The van der Waals surface area contributed by atoms with Gasteiger partial charge in [0.15, 0.2) is 17.3 Å². The standard InChI is InChI=1S/C23H24ClN3O5/c1-12-15-7-8-27(22(15)26-11-25-12)16-10-19(21-20(16)31-23(3,4)32-21)30-17-6-5-14(24)9-18(17)29-13(2)28/h5-9,11,16,19-21H,10H2,1-4H3/t16-,19+,20+,21-/m1/s1. The number of hydrogen-bond acceptors (Lipinski definition) is 7. The second-order valence-corrected chi connectivity index (χ2v) is 9.06. The van der Waals surface area contributed by atoms with Crippen molar-refractivity contribution in [3.8, 4) is 11.5 Å². The number of fused-ring (bicyclic) bond motifs is 2. The Bertz CT molecular complexity index is 1190. The monoisotopic (exact) mass is 457 g/mol.